The predicted molar refractivity (Wildman–Crippen MR) is 85.1 cm³/mol. The average Bonchev–Trinajstić information content (AvgIpc) is 3.10. The normalized spacial score (nSPS) is 20.8. The van der Waals surface area contributed by atoms with Crippen LogP contribution in [0.1, 0.15) is 25.7 Å². The van der Waals surface area contributed by atoms with Gasteiger partial charge in [-0.25, -0.2) is 13.4 Å². The smallest absolute Gasteiger partial charge is 0.274 e. The van der Waals surface area contributed by atoms with Gasteiger partial charge in [-0.15, -0.1) is 0 Å². The molecule has 3 heterocycles. The number of aromatic amines is 1. The molecule has 0 atom stereocenters. The molecule has 0 bridgehead atoms. The third kappa shape index (κ3) is 3.32. The molecule has 1 aromatic heterocycles. The third-order valence-electron chi connectivity index (χ3n) is 4.71. The highest BCUT2D eigenvalue weighted by Gasteiger charge is 2.30. The molecule has 2 fully saturated rings. The molecule has 2 aliphatic heterocycles. The van der Waals surface area contributed by atoms with E-state index in [-0.39, 0.29) is 11.8 Å². The van der Waals surface area contributed by atoms with E-state index in [0.717, 1.165) is 44.6 Å². The number of nitrogens with one attached hydrogen (secondary N) is 1. The van der Waals surface area contributed by atoms with Crippen molar-refractivity contribution < 1.29 is 18.2 Å². The SMILES string of the molecule is NC(=O)C1CCN(c2ccc(S(=O)(=O)N3CCCC3)c[nH+]2)CC1. The molecule has 126 valence electrons. The second kappa shape index (κ2) is 6.45. The number of carbonyl (C=O) groups excluding carboxylic acids is 1. The Kier molecular flexibility index (Phi) is 4.54. The molecule has 8 heteroatoms. The summed E-state index contributed by atoms with van der Waals surface area (Å²) in [5.41, 5.74) is 5.34. The molecule has 0 unspecified atom stereocenters. The Bertz CT molecular complexity index is 660. The van der Waals surface area contributed by atoms with E-state index in [9.17, 15) is 13.2 Å². The van der Waals surface area contributed by atoms with Gasteiger partial charge in [0.2, 0.25) is 15.9 Å². The van der Waals surface area contributed by atoms with Crippen LogP contribution in [-0.4, -0.2) is 44.8 Å². The van der Waals surface area contributed by atoms with Crippen molar-refractivity contribution in [2.75, 3.05) is 31.1 Å². The minimum Gasteiger partial charge on any atom is -0.369 e. The van der Waals surface area contributed by atoms with Crippen LogP contribution in [0.4, 0.5) is 5.82 Å². The minimum absolute atomic E-state index is 0.0546. The molecular weight excluding hydrogens is 316 g/mol. The Labute approximate surface area is 136 Å². The number of amides is 1. The highest BCUT2D eigenvalue weighted by molar-refractivity contribution is 7.89. The maximum Gasteiger partial charge on any atom is 0.274 e. The van der Waals surface area contributed by atoms with Crippen LogP contribution in [-0.2, 0) is 14.8 Å². The monoisotopic (exact) mass is 339 g/mol. The lowest BCUT2D eigenvalue weighted by Gasteiger charge is -2.25. The van der Waals surface area contributed by atoms with Crippen molar-refractivity contribution in [1.29, 1.82) is 0 Å². The predicted octanol–water partition coefficient (Wildman–Crippen LogP) is -0.0131. The molecule has 0 aromatic carbocycles. The summed E-state index contributed by atoms with van der Waals surface area (Å²) in [5.74, 6) is 0.579. The van der Waals surface area contributed by atoms with Crippen molar-refractivity contribution in [2.45, 2.75) is 30.6 Å². The molecule has 2 aliphatic rings. The van der Waals surface area contributed by atoms with Gasteiger partial charge in [-0.05, 0) is 31.7 Å². The molecular formula is C15H23N4O3S+. The van der Waals surface area contributed by atoms with E-state index >= 15 is 0 Å². The average molecular weight is 339 g/mol. The molecule has 0 radical (unpaired) electrons. The van der Waals surface area contributed by atoms with Gasteiger partial charge < -0.3 is 5.73 Å². The van der Waals surface area contributed by atoms with Crippen molar-refractivity contribution in [2.24, 2.45) is 11.7 Å². The molecule has 0 aliphatic carbocycles. The second-order valence-electron chi connectivity index (χ2n) is 6.18. The number of sulfonamides is 1. The number of hydrogen-bond acceptors (Lipinski definition) is 4. The zero-order valence-electron chi connectivity index (χ0n) is 13.1. The van der Waals surface area contributed by atoms with Gasteiger partial charge in [0, 0.05) is 25.1 Å². The largest absolute Gasteiger partial charge is 0.369 e. The van der Waals surface area contributed by atoms with Gasteiger partial charge >= 0.3 is 0 Å². The number of H-pyrrole nitrogens is 1. The van der Waals surface area contributed by atoms with Gasteiger partial charge in [-0.1, -0.05) is 0 Å². The lowest BCUT2D eigenvalue weighted by molar-refractivity contribution is -0.367. The van der Waals surface area contributed by atoms with Crippen molar-refractivity contribution in [1.82, 2.24) is 4.31 Å². The summed E-state index contributed by atoms with van der Waals surface area (Å²) in [6.45, 7) is 2.68. The third-order valence-corrected chi connectivity index (χ3v) is 6.60. The number of carbonyl (C=O) groups is 1. The number of hydrogen-bond donors (Lipinski definition) is 1. The number of pyridine rings is 1. The highest BCUT2D eigenvalue weighted by atomic mass is 32.2. The molecule has 1 amide bonds. The Morgan fingerprint density at radius 2 is 1.78 bits per heavy atom. The fourth-order valence-electron chi connectivity index (χ4n) is 3.24. The molecule has 1 aromatic rings. The lowest BCUT2D eigenvalue weighted by atomic mass is 9.96. The quantitative estimate of drug-likeness (QED) is 0.834. The summed E-state index contributed by atoms with van der Waals surface area (Å²) in [6.07, 6.45) is 4.88. The Morgan fingerprint density at radius 3 is 2.30 bits per heavy atom. The van der Waals surface area contributed by atoms with Gasteiger partial charge in [0.05, 0.1) is 13.1 Å². The summed E-state index contributed by atoms with van der Waals surface area (Å²) in [6, 6.07) is 3.45. The van der Waals surface area contributed by atoms with Crippen molar-refractivity contribution in [3.63, 3.8) is 0 Å². The molecule has 0 spiro atoms. The van der Waals surface area contributed by atoms with E-state index < -0.39 is 10.0 Å². The van der Waals surface area contributed by atoms with Crippen LogP contribution in [0.15, 0.2) is 23.2 Å². The lowest BCUT2D eigenvalue weighted by Crippen LogP contribution is -2.40. The number of primary amides is 1. The summed E-state index contributed by atoms with van der Waals surface area (Å²) in [7, 11) is -3.38. The van der Waals surface area contributed by atoms with Crippen LogP contribution in [0.3, 0.4) is 0 Å². The van der Waals surface area contributed by atoms with Crippen LogP contribution in [0.2, 0.25) is 0 Å². The number of rotatable bonds is 4. The molecule has 3 N–H and O–H groups in total. The second-order valence-corrected chi connectivity index (χ2v) is 8.12. The molecule has 0 saturated carbocycles. The van der Waals surface area contributed by atoms with Crippen LogP contribution in [0.5, 0.6) is 0 Å². The highest BCUT2D eigenvalue weighted by Crippen LogP contribution is 2.23. The van der Waals surface area contributed by atoms with E-state index in [1.54, 1.807) is 18.3 Å². The van der Waals surface area contributed by atoms with Gasteiger partial charge in [0.1, 0.15) is 11.1 Å². The number of anilines is 1. The fourth-order valence-corrected chi connectivity index (χ4v) is 4.73. The van der Waals surface area contributed by atoms with E-state index in [0.29, 0.717) is 18.0 Å². The first-order valence-corrected chi connectivity index (χ1v) is 9.48. The Balaban J connectivity index is 1.69. The number of piperidine rings is 1. The maximum atomic E-state index is 12.5. The van der Waals surface area contributed by atoms with Gasteiger partial charge in [0.15, 0.2) is 0 Å². The Morgan fingerprint density at radius 1 is 1.13 bits per heavy atom. The van der Waals surface area contributed by atoms with E-state index in [1.807, 2.05) is 0 Å². The number of nitrogens with two attached hydrogens (primary N) is 1. The van der Waals surface area contributed by atoms with Gasteiger partial charge in [-0.3, -0.25) is 9.69 Å². The number of aromatic nitrogens is 1. The molecule has 23 heavy (non-hydrogen) atoms. The summed E-state index contributed by atoms with van der Waals surface area (Å²) in [4.78, 5) is 16.7. The zero-order chi connectivity index (χ0) is 16.4. The first-order chi connectivity index (χ1) is 11.0. The molecule has 7 nitrogen and oxygen atoms in total. The van der Waals surface area contributed by atoms with Crippen molar-refractivity contribution in [3.05, 3.63) is 18.3 Å². The summed E-state index contributed by atoms with van der Waals surface area (Å²) < 4.78 is 26.5. The van der Waals surface area contributed by atoms with Gasteiger partial charge in [-0.2, -0.15) is 4.31 Å². The summed E-state index contributed by atoms with van der Waals surface area (Å²) >= 11 is 0. The van der Waals surface area contributed by atoms with E-state index in [4.69, 9.17) is 5.73 Å². The molecule has 3 rings (SSSR count). The minimum atomic E-state index is -3.38. The number of nitrogens with zero attached hydrogens (tertiary/aromatic N) is 2. The van der Waals surface area contributed by atoms with Crippen molar-refractivity contribution >= 4 is 21.7 Å². The van der Waals surface area contributed by atoms with Crippen molar-refractivity contribution in [3.8, 4) is 0 Å². The first kappa shape index (κ1) is 16.2. The van der Waals surface area contributed by atoms with Crippen LogP contribution in [0.25, 0.3) is 0 Å². The first-order valence-electron chi connectivity index (χ1n) is 8.04. The Hall–Kier alpha value is -1.67. The van der Waals surface area contributed by atoms with Crippen LogP contribution < -0.4 is 15.6 Å². The van der Waals surface area contributed by atoms with Gasteiger partial charge in [0.25, 0.3) is 5.82 Å². The maximum absolute atomic E-state index is 12.5. The fraction of sp³-hybridized carbons (Fsp3) is 0.600. The van der Waals surface area contributed by atoms with E-state index in [1.165, 1.54) is 4.31 Å². The summed E-state index contributed by atoms with van der Waals surface area (Å²) in [5, 5.41) is 0. The van der Waals surface area contributed by atoms with E-state index in [2.05, 4.69) is 9.88 Å². The topological polar surface area (TPSA) is 97.8 Å². The standard InChI is InChI=1S/C15H22N4O3S/c16-15(20)12-5-9-18(10-6-12)14-4-3-13(11-17-14)23(21,22)19-7-1-2-8-19/h3-4,11-12H,1-2,5-10H2,(H2,16,20)/p+1. The zero-order valence-corrected chi connectivity index (χ0v) is 13.9. The molecule has 2 saturated heterocycles. The van der Waals surface area contributed by atoms with Crippen LogP contribution in [0, 0.1) is 5.92 Å². The van der Waals surface area contributed by atoms with Crippen LogP contribution >= 0.6 is 0 Å².